The van der Waals surface area contributed by atoms with Crippen LogP contribution in [0.2, 0.25) is 0 Å². The van der Waals surface area contributed by atoms with Gasteiger partial charge in [0.05, 0.1) is 23.5 Å². The zero-order chi connectivity index (χ0) is 52.9. The van der Waals surface area contributed by atoms with Crippen LogP contribution in [0.4, 0.5) is 0 Å². The second-order valence-corrected chi connectivity index (χ2v) is 17.9. The molecule has 22 heteroatoms. The zero-order valence-electron chi connectivity index (χ0n) is 37.6. The first-order chi connectivity index (χ1) is 35.1. The molecule has 0 bridgehead atoms. The van der Waals surface area contributed by atoms with E-state index >= 15 is 0 Å². The lowest BCUT2D eigenvalue weighted by Gasteiger charge is -2.44. The summed E-state index contributed by atoms with van der Waals surface area (Å²) >= 11 is 0. The molecule has 0 amide bonds. The van der Waals surface area contributed by atoms with Crippen molar-refractivity contribution in [3.63, 3.8) is 0 Å². The van der Waals surface area contributed by atoms with Gasteiger partial charge in [-0.25, -0.2) is 4.79 Å². The predicted molar refractivity (Wildman–Crippen MR) is 249 cm³/mol. The van der Waals surface area contributed by atoms with Gasteiger partial charge in [0.15, 0.2) is 70.1 Å². The standard InChI is InChI=1S/C52H42O22/c53-21-12-30(61)38-37(13-21)71-47(18-2-5-24(55)28(59)8-18)45(69)42(38)39-32(63)16-33(64)41-43(40-31(62)15-26(57)22-14-36(67)46(72-49(22)40)17-1-4-23(54)27(58)7-17)51(74-52(70)20-10-34(65)44(68)35(66)11-20)48(73-50(39)41)19-3-6-25(56)29(60)9-19/h1-13,15-16,36,42-43,45-48,51,53-69H,14H2. The van der Waals surface area contributed by atoms with E-state index in [9.17, 15) is 91.6 Å². The fourth-order valence-corrected chi connectivity index (χ4v) is 9.96. The Labute approximate surface area is 415 Å². The molecule has 382 valence electrons. The minimum absolute atomic E-state index is 0.00409. The average Bonchev–Trinajstić information content (AvgIpc) is 3.34. The van der Waals surface area contributed by atoms with Crippen LogP contribution in [0, 0.1) is 0 Å². The normalized spacial score (nSPS) is 21.7. The maximum atomic E-state index is 14.5. The smallest absolute Gasteiger partial charge is 0.338 e. The van der Waals surface area contributed by atoms with Crippen molar-refractivity contribution >= 4 is 5.97 Å². The predicted octanol–water partition coefficient (Wildman–Crippen LogP) is 5.43. The number of hydrogen-bond donors (Lipinski definition) is 17. The first-order valence-corrected chi connectivity index (χ1v) is 22.2. The van der Waals surface area contributed by atoms with Crippen molar-refractivity contribution in [2.24, 2.45) is 0 Å². The Morgan fingerprint density at radius 2 is 0.905 bits per heavy atom. The Kier molecular flexibility index (Phi) is 11.4. The number of fused-ring (bicyclic) bond motifs is 3. The van der Waals surface area contributed by atoms with Crippen LogP contribution in [0.25, 0.3) is 0 Å². The van der Waals surface area contributed by atoms with E-state index in [1.165, 1.54) is 18.2 Å². The van der Waals surface area contributed by atoms with Crippen molar-refractivity contribution in [1.82, 2.24) is 0 Å². The van der Waals surface area contributed by atoms with Crippen LogP contribution in [0.3, 0.4) is 0 Å². The third kappa shape index (κ3) is 7.80. The van der Waals surface area contributed by atoms with Crippen LogP contribution >= 0.6 is 0 Å². The van der Waals surface area contributed by atoms with Gasteiger partial charge in [0.2, 0.25) is 0 Å². The van der Waals surface area contributed by atoms with E-state index in [-0.39, 0.29) is 33.6 Å². The van der Waals surface area contributed by atoms with E-state index in [0.29, 0.717) is 0 Å². The van der Waals surface area contributed by atoms with Gasteiger partial charge >= 0.3 is 5.97 Å². The molecule has 0 aromatic heterocycles. The summed E-state index contributed by atoms with van der Waals surface area (Å²) in [5, 5.41) is 188. The van der Waals surface area contributed by atoms with E-state index in [0.717, 1.165) is 72.8 Å². The van der Waals surface area contributed by atoms with Crippen LogP contribution in [0.1, 0.15) is 85.0 Å². The molecule has 22 nitrogen and oxygen atoms in total. The molecule has 3 heterocycles. The summed E-state index contributed by atoms with van der Waals surface area (Å²) in [5.74, 6) is -17.8. The second-order valence-electron chi connectivity index (χ2n) is 17.9. The van der Waals surface area contributed by atoms with Crippen molar-refractivity contribution in [1.29, 1.82) is 0 Å². The Balaban J connectivity index is 1.28. The van der Waals surface area contributed by atoms with E-state index in [1.807, 2.05) is 0 Å². The van der Waals surface area contributed by atoms with Crippen LogP contribution in [-0.2, 0) is 11.2 Å². The zero-order valence-corrected chi connectivity index (χ0v) is 37.6. The average molecular weight is 1020 g/mol. The molecule has 0 aliphatic carbocycles. The highest BCUT2D eigenvalue weighted by Gasteiger charge is 2.52. The van der Waals surface area contributed by atoms with Crippen LogP contribution in [0.5, 0.6) is 103 Å². The molecule has 8 unspecified atom stereocenters. The number of aromatic hydroxyl groups is 15. The Bertz CT molecular complexity index is 3440. The van der Waals surface area contributed by atoms with E-state index in [1.54, 1.807) is 0 Å². The number of carbonyl (C=O) groups is 1. The Hall–Kier alpha value is -9.67. The number of aliphatic hydroxyl groups excluding tert-OH is 2. The van der Waals surface area contributed by atoms with Gasteiger partial charge < -0.3 is 106 Å². The largest absolute Gasteiger partial charge is 0.508 e. The molecule has 3 aliphatic rings. The minimum atomic E-state index is -2.03. The highest BCUT2D eigenvalue weighted by atomic mass is 16.6. The van der Waals surface area contributed by atoms with E-state index < -0.39 is 181 Å². The summed E-state index contributed by atoms with van der Waals surface area (Å²) in [6.07, 6.45) is -10.9. The molecule has 10 rings (SSSR count). The summed E-state index contributed by atoms with van der Waals surface area (Å²) in [4.78, 5) is 14.5. The maximum Gasteiger partial charge on any atom is 0.338 e. The third-order valence-electron chi connectivity index (χ3n) is 13.4. The SMILES string of the molecule is O=C(OC1C(c2ccc(O)c(O)c2)Oc2c(C3c4c(O)cc(O)cc4OC(c4ccc(O)c(O)c4)C3O)c(O)cc(O)c2C1c1c(O)cc(O)c2c1OC(c1ccc(O)c(O)c1)C(O)C2)c1cc(O)c(O)c(O)c1. The molecule has 0 saturated heterocycles. The van der Waals surface area contributed by atoms with Gasteiger partial charge in [-0.1, -0.05) is 18.2 Å². The van der Waals surface area contributed by atoms with Crippen LogP contribution < -0.4 is 14.2 Å². The molecule has 0 radical (unpaired) electrons. The molecule has 8 atom stereocenters. The van der Waals surface area contributed by atoms with Gasteiger partial charge in [-0.15, -0.1) is 0 Å². The Morgan fingerprint density at radius 1 is 0.432 bits per heavy atom. The monoisotopic (exact) mass is 1020 g/mol. The lowest BCUT2D eigenvalue weighted by Crippen LogP contribution is -2.41. The third-order valence-corrected chi connectivity index (χ3v) is 13.4. The number of esters is 1. The summed E-state index contributed by atoms with van der Waals surface area (Å²) < 4.78 is 25.5. The van der Waals surface area contributed by atoms with Gasteiger partial charge in [0, 0.05) is 64.1 Å². The molecule has 0 saturated carbocycles. The van der Waals surface area contributed by atoms with Gasteiger partial charge in [0.1, 0.15) is 64.0 Å². The lowest BCUT2D eigenvalue weighted by molar-refractivity contribution is -0.0302. The number of hydrogen-bond acceptors (Lipinski definition) is 22. The van der Waals surface area contributed by atoms with Crippen LogP contribution in [0.15, 0.2) is 91.0 Å². The molecule has 0 spiro atoms. The van der Waals surface area contributed by atoms with Crippen molar-refractivity contribution in [3.05, 3.63) is 141 Å². The van der Waals surface area contributed by atoms with Crippen molar-refractivity contribution in [2.75, 3.05) is 0 Å². The minimum Gasteiger partial charge on any atom is -0.508 e. The van der Waals surface area contributed by atoms with Crippen LogP contribution in [-0.4, -0.2) is 111 Å². The number of carbonyl (C=O) groups excluding carboxylic acids is 1. The second kappa shape index (κ2) is 17.6. The fraction of sp³-hybridized carbons (Fsp3) is 0.173. The van der Waals surface area contributed by atoms with E-state index in [2.05, 4.69) is 0 Å². The molecular weight excluding hydrogens is 977 g/mol. The topological polar surface area (TPSA) is 398 Å². The molecule has 17 N–H and O–H groups in total. The quantitative estimate of drug-likeness (QED) is 0.0699. The number of rotatable bonds is 7. The molecule has 3 aliphatic heterocycles. The van der Waals surface area contributed by atoms with Gasteiger partial charge in [-0.05, 0) is 59.7 Å². The van der Waals surface area contributed by atoms with Gasteiger partial charge in [-0.2, -0.15) is 0 Å². The Morgan fingerprint density at radius 3 is 1.46 bits per heavy atom. The number of benzene rings is 7. The van der Waals surface area contributed by atoms with Crippen molar-refractivity contribution in [3.8, 4) is 103 Å². The molecule has 7 aromatic carbocycles. The summed E-state index contributed by atoms with van der Waals surface area (Å²) in [6, 6.07) is 15.0. The molecule has 0 fully saturated rings. The van der Waals surface area contributed by atoms with Crippen molar-refractivity contribution in [2.45, 2.75) is 54.9 Å². The molecule has 74 heavy (non-hydrogen) atoms. The molecule has 7 aromatic rings. The molecular formula is C52H42O22. The fourth-order valence-electron chi connectivity index (χ4n) is 9.96. The van der Waals surface area contributed by atoms with Gasteiger partial charge in [-0.3, -0.25) is 0 Å². The number of aliphatic hydroxyl groups is 2. The number of phenols is 15. The van der Waals surface area contributed by atoms with E-state index in [4.69, 9.17) is 18.9 Å². The highest BCUT2D eigenvalue weighted by Crippen LogP contribution is 2.63. The highest BCUT2D eigenvalue weighted by molar-refractivity contribution is 5.91. The summed E-state index contributed by atoms with van der Waals surface area (Å²) in [7, 11) is 0. The first kappa shape index (κ1) is 48.0. The summed E-state index contributed by atoms with van der Waals surface area (Å²) in [5.41, 5.74) is -2.68. The van der Waals surface area contributed by atoms with Gasteiger partial charge in [0.25, 0.3) is 0 Å². The maximum absolute atomic E-state index is 14.5. The number of phenolic OH excluding ortho intramolecular Hbond substituents is 15. The van der Waals surface area contributed by atoms with Crippen molar-refractivity contribution < 1.29 is 111 Å². The summed E-state index contributed by atoms with van der Waals surface area (Å²) in [6.45, 7) is 0. The number of ether oxygens (including phenoxy) is 4. The lowest BCUT2D eigenvalue weighted by atomic mass is 9.73. The first-order valence-electron chi connectivity index (χ1n) is 22.2.